The number of rotatable bonds is 6. The fourth-order valence-corrected chi connectivity index (χ4v) is 2.47. The van der Waals surface area contributed by atoms with Gasteiger partial charge in [-0.25, -0.2) is 9.97 Å². The monoisotopic (exact) mass is 307 g/mol. The second kappa shape index (κ2) is 7.09. The van der Waals surface area contributed by atoms with E-state index in [-0.39, 0.29) is 0 Å². The molecule has 0 spiro atoms. The number of aryl methyl sites for hydroxylation is 2. The molecule has 0 fully saturated rings. The van der Waals surface area contributed by atoms with Gasteiger partial charge in [0.1, 0.15) is 17.9 Å². The van der Waals surface area contributed by atoms with Gasteiger partial charge in [0.2, 0.25) is 0 Å². The number of para-hydroxylation sites is 1. The van der Waals surface area contributed by atoms with Crippen LogP contribution in [-0.2, 0) is 0 Å². The molecule has 4 heteroatoms. The van der Waals surface area contributed by atoms with Gasteiger partial charge >= 0.3 is 0 Å². The van der Waals surface area contributed by atoms with Crippen molar-refractivity contribution in [3.05, 3.63) is 59.9 Å². The number of fused-ring (bicyclic) bond motifs is 1. The first-order valence-corrected chi connectivity index (χ1v) is 7.88. The SMILES string of the molecule is Cc1ccc(C)c(OCCCNc2ncnc3ccccc23)c1. The number of benzene rings is 2. The van der Waals surface area contributed by atoms with Crippen LogP contribution in [0.25, 0.3) is 10.9 Å². The van der Waals surface area contributed by atoms with Gasteiger partial charge in [-0.05, 0) is 49.6 Å². The molecule has 0 unspecified atom stereocenters. The number of aromatic nitrogens is 2. The molecule has 0 atom stereocenters. The molecule has 0 radical (unpaired) electrons. The van der Waals surface area contributed by atoms with Crippen molar-refractivity contribution in [1.82, 2.24) is 9.97 Å². The van der Waals surface area contributed by atoms with Crippen LogP contribution in [-0.4, -0.2) is 23.1 Å². The molecule has 1 N–H and O–H groups in total. The van der Waals surface area contributed by atoms with Crippen molar-refractivity contribution in [2.75, 3.05) is 18.5 Å². The second-order valence-corrected chi connectivity index (χ2v) is 5.64. The van der Waals surface area contributed by atoms with E-state index in [1.807, 2.05) is 24.3 Å². The summed E-state index contributed by atoms with van der Waals surface area (Å²) in [5.41, 5.74) is 3.35. The summed E-state index contributed by atoms with van der Waals surface area (Å²) in [5, 5.41) is 4.42. The topological polar surface area (TPSA) is 47.0 Å². The number of anilines is 1. The molecule has 23 heavy (non-hydrogen) atoms. The molecule has 1 heterocycles. The number of hydrogen-bond acceptors (Lipinski definition) is 4. The van der Waals surface area contributed by atoms with Crippen molar-refractivity contribution in [2.24, 2.45) is 0 Å². The van der Waals surface area contributed by atoms with Crippen LogP contribution in [0.2, 0.25) is 0 Å². The van der Waals surface area contributed by atoms with Crippen LogP contribution >= 0.6 is 0 Å². The maximum absolute atomic E-state index is 5.87. The summed E-state index contributed by atoms with van der Waals surface area (Å²) < 4.78 is 5.87. The summed E-state index contributed by atoms with van der Waals surface area (Å²) >= 11 is 0. The predicted octanol–water partition coefficient (Wildman–Crippen LogP) is 4.13. The third kappa shape index (κ3) is 3.77. The third-order valence-corrected chi connectivity index (χ3v) is 3.76. The quantitative estimate of drug-likeness (QED) is 0.696. The Morgan fingerprint density at radius 3 is 2.83 bits per heavy atom. The predicted molar refractivity (Wildman–Crippen MR) is 94.1 cm³/mol. The van der Waals surface area contributed by atoms with E-state index >= 15 is 0 Å². The summed E-state index contributed by atoms with van der Waals surface area (Å²) in [4.78, 5) is 8.59. The van der Waals surface area contributed by atoms with E-state index in [1.165, 1.54) is 11.1 Å². The number of nitrogens with zero attached hydrogens (tertiary/aromatic N) is 2. The lowest BCUT2D eigenvalue weighted by Crippen LogP contribution is -2.09. The van der Waals surface area contributed by atoms with Gasteiger partial charge in [-0.1, -0.05) is 24.3 Å². The fourth-order valence-electron chi connectivity index (χ4n) is 2.47. The molecule has 3 aromatic rings. The molecule has 2 aromatic carbocycles. The van der Waals surface area contributed by atoms with E-state index in [9.17, 15) is 0 Å². The lowest BCUT2D eigenvalue weighted by Gasteiger charge is -2.11. The second-order valence-electron chi connectivity index (χ2n) is 5.64. The summed E-state index contributed by atoms with van der Waals surface area (Å²) in [6.45, 7) is 5.64. The smallest absolute Gasteiger partial charge is 0.137 e. The highest BCUT2D eigenvalue weighted by Gasteiger charge is 2.03. The van der Waals surface area contributed by atoms with Crippen molar-refractivity contribution in [3.8, 4) is 5.75 Å². The summed E-state index contributed by atoms with van der Waals surface area (Å²) in [5.74, 6) is 1.85. The zero-order valence-corrected chi connectivity index (χ0v) is 13.5. The normalized spacial score (nSPS) is 10.7. The van der Waals surface area contributed by atoms with Crippen LogP contribution < -0.4 is 10.1 Å². The third-order valence-electron chi connectivity index (χ3n) is 3.76. The fraction of sp³-hybridized carbons (Fsp3) is 0.263. The molecular formula is C19H21N3O. The molecule has 0 saturated heterocycles. The highest BCUT2D eigenvalue weighted by atomic mass is 16.5. The van der Waals surface area contributed by atoms with E-state index in [1.54, 1.807) is 6.33 Å². The highest BCUT2D eigenvalue weighted by Crippen LogP contribution is 2.20. The number of hydrogen-bond donors (Lipinski definition) is 1. The molecular weight excluding hydrogens is 286 g/mol. The first-order chi connectivity index (χ1) is 11.2. The zero-order valence-electron chi connectivity index (χ0n) is 13.5. The van der Waals surface area contributed by atoms with Gasteiger partial charge in [0.05, 0.1) is 12.1 Å². The van der Waals surface area contributed by atoms with E-state index in [4.69, 9.17) is 4.74 Å². The van der Waals surface area contributed by atoms with Gasteiger partial charge in [-0.15, -0.1) is 0 Å². The average molecular weight is 307 g/mol. The summed E-state index contributed by atoms with van der Waals surface area (Å²) in [6, 6.07) is 14.3. The molecule has 3 rings (SSSR count). The van der Waals surface area contributed by atoms with Gasteiger partial charge in [0, 0.05) is 11.9 Å². The van der Waals surface area contributed by atoms with Crippen molar-refractivity contribution < 1.29 is 4.74 Å². The summed E-state index contributed by atoms with van der Waals surface area (Å²) in [7, 11) is 0. The Morgan fingerprint density at radius 1 is 1.04 bits per heavy atom. The average Bonchev–Trinajstić information content (AvgIpc) is 2.57. The van der Waals surface area contributed by atoms with E-state index in [0.717, 1.165) is 35.4 Å². The van der Waals surface area contributed by atoms with E-state index in [2.05, 4.69) is 47.3 Å². The maximum Gasteiger partial charge on any atom is 0.137 e. The van der Waals surface area contributed by atoms with Crippen LogP contribution in [0.1, 0.15) is 17.5 Å². The molecule has 0 aliphatic heterocycles. The first kappa shape index (κ1) is 15.3. The molecule has 0 saturated carbocycles. The number of ether oxygens (including phenoxy) is 1. The van der Waals surface area contributed by atoms with Crippen LogP contribution in [0.15, 0.2) is 48.8 Å². The lowest BCUT2D eigenvalue weighted by atomic mass is 10.1. The Bertz CT molecular complexity index is 796. The highest BCUT2D eigenvalue weighted by molar-refractivity contribution is 5.88. The van der Waals surface area contributed by atoms with Crippen molar-refractivity contribution in [2.45, 2.75) is 20.3 Å². The van der Waals surface area contributed by atoms with Crippen LogP contribution in [0.3, 0.4) is 0 Å². The molecule has 0 aliphatic rings. The van der Waals surface area contributed by atoms with Gasteiger partial charge < -0.3 is 10.1 Å². The molecule has 4 nitrogen and oxygen atoms in total. The Balaban J connectivity index is 1.52. The van der Waals surface area contributed by atoms with Crippen LogP contribution in [0, 0.1) is 13.8 Å². The molecule has 0 bridgehead atoms. The number of nitrogens with one attached hydrogen (secondary N) is 1. The van der Waals surface area contributed by atoms with Crippen molar-refractivity contribution in [1.29, 1.82) is 0 Å². The molecule has 0 aliphatic carbocycles. The van der Waals surface area contributed by atoms with E-state index in [0.29, 0.717) is 6.61 Å². The molecule has 1 aromatic heterocycles. The lowest BCUT2D eigenvalue weighted by molar-refractivity contribution is 0.312. The molecule has 118 valence electrons. The zero-order chi connectivity index (χ0) is 16.1. The van der Waals surface area contributed by atoms with Gasteiger partial charge in [0.15, 0.2) is 0 Å². The largest absolute Gasteiger partial charge is 0.493 e. The van der Waals surface area contributed by atoms with Gasteiger partial charge in [-0.3, -0.25) is 0 Å². The van der Waals surface area contributed by atoms with Crippen LogP contribution in [0.5, 0.6) is 5.75 Å². The minimum atomic E-state index is 0.681. The standard InChI is InChI=1S/C19H21N3O/c1-14-8-9-15(2)18(12-14)23-11-5-10-20-19-16-6-3-4-7-17(16)21-13-22-19/h3-4,6-9,12-13H,5,10-11H2,1-2H3,(H,20,21,22). The maximum atomic E-state index is 5.87. The summed E-state index contributed by atoms with van der Waals surface area (Å²) in [6.07, 6.45) is 2.50. The van der Waals surface area contributed by atoms with E-state index < -0.39 is 0 Å². The Hall–Kier alpha value is -2.62. The minimum Gasteiger partial charge on any atom is -0.493 e. The van der Waals surface area contributed by atoms with Gasteiger partial charge in [-0.2, -0.15) is 0 Å². The van der Waals surface area contributed by atoms with Crippen LogP contribution in [0.4, 0.5) is 5.82 Å². The minimum absolute atomic E-state index is 0.681. The first-order valence-electron chi connectivity index (χ1n) is 7.88. The Labute approximate surface area is 136 Å². The Morgan fingerprint density at radius 2 is 1.91 bits per heavy atom. The molecule has 0 amide bonds. The Kier molecular flexibility index (Phi) is 4.71. The van der Waals surface area contributed by atoms with Gasteiger partial charge in [0.25, 0.3) is 0 Å². The van der Waals surface area contributed by atoms with Crippen molar-refractivity contribution >= 4 is 16.7 Å². The van der Waals surface area contributed by atoms with Crippen molar-refractivity contribution in [3.63, 3.8) is 0 Å².